The zero-order valence-corrected chi connectivity index (χ0v) is 10.9. The molecule has 1 unspecified atom stereocenters. The average molecular weight is 224 g/mol. The van der Waals surface area contributed by atoms with Crippen LogP contribution in [-0.4, -0.2) is 0 Å². The van der Waals surface area contributed by atoms with Crippen LogP contribution in [0.4, 0.5) is 0 Å². The SMILES string of the molecule is CCc1ccccc1C(C)c1ccc(C)cc1. The van der Waals surface area contributed by atoms with Crippen molar-refractivity contribution in [3.05, 3.63) is 70.8 Å². The van der Waals surface area contributed by atoms with Gasteiger partial charge >= 0.3 is 0 Å². The molecular formula is C17H20. The Balaban J connectivity index is 2.36. The van der Waals surface area contributed by atoms with Gasteiger partial charge in [0.15, 0.2) is 0 Å². The van der Waals surface area contributed by atoms with E-state index in [4.69, 9.17) is 0 Å². The van der Waals surface area contributed by atoms with Gasteiger partial charge in [0, 0.05) is 5.92 Å². The van der Waals surface area contributed by atoms with Crippen LogP contribution in [0.15, 0.2) is 48.5 Å². The van der Waals surface area contributed by atoms with E-state index in [1.54, 1.807) is 0 Å². The molecule has 0 aliphatic heterocycles. The summed E-state index contributed by atoms with van der Waals surface area (Å²) in [5.41, 5.74) is 5.64. The van der Waals surface area contributed by atoms with Crippen LogP contribution < -0.4 is 0 Å². The van der Waals surface area contributed by atoms with Gasteiger partial charge in [0.2, 0.25) is 0 Å². The Labute approximate surface area is 104 Å². The fourth-order valence-corrected chi connectivity index (χ4v) is 2.31. The summed E-state index contributed by atoms with van der Waals surface area (Å²) in [6.07, 6.45) is 1.10. The Morgan fingerprint density at radius 3 is 2.24 bits per heavy atom. The molecule has 0 aliphatic rings. The van der Waals surface area contributed by atoms with Gasteiger partial charge in [-0.2, -0.15) is 0 Å². The summed E-state index contributed by atoms with van der Waals surface area (Å²) in [5, 5.41) is 0. The average Bonchev–Trinajstić information content (AvgIpc) is 2.39. The second-order valence-corrected chi connectivity index (χ2v) is 4.68. The van der Waals surface area contributed by atoms with Crippen molar-refractivity contribution >= 4 is 0 Å². The third-order valence-electron chi connectivity index (χ3n) is 3.48. The molecule has 0 spiro atoms. The van der Waals surface area contributed by atoms with Crippen molar-refractivity contribution in [1.29, 1.82) is 0 Å². The Morgan fingerprint density at radius 2 is 1.59 bits per heavy atom. The highest BCUT2D eigenvalue weighted by molar-refractivity contribution is 5.38. The molecule has 0 bridgehead atoms. The van der Waals surface area contributed by atoms with E-state index in [0.29, 0.717) is 5.92 Å². The highest BCUT2D eigenvalue weighted by Crippen LogP contribution is 2.27. The van der Waals surface area contributed by atoms with Crippen molar-refractivity contribution in [3.8, 4) is 0 Å². The molecule has 0 nitrogen and oxygen atoms in total. The number of hydrogen-bond acceptors (Lipinski definition) is 0. The molecule has 2 aromatic rings. The third-order valence-corrected chi connectivity index (χ3v) is 3.48. The predicted molar refractivity (Wildman–Crippen MR) is 74.5 cm³/mol. The van der Waals surface area contributed by atoms with Gasteiger partial charge in [-0.1, -0.05) is 67.9 Å². The summed E-state index contributed by atoms with van der Waals surface area (Å²) >= 11 is 0. The zero-order chi connectivity index (χ0) is 12.3. The molecule has 0 fully saturated rings. The monoisotopic (exact) mass is 224 g/mol. The smallest absolute Gasteiger partial charge is 0.00637 e. The fourth-order valence-electron chi connectivity index (χ4n) is 2.31. The van der Waals surface area contributed by atoms with Crippen LogP contribution in [-0.2, 0) is 6.42 Å². The first-order chi connectivity index (χ1) is 8.22. The van der Waals surface area contributed by atoms with Crippen molar-refractivity contribution in [1.82, 2.24) is 0 Å². The van der Waals surface area contributed by atoms with Crippen LogP contribution >= 0.6 is 0 Å². The normalized spacial score (nSPS) is 12.4. The highest BCUT2D eigenvalue weighted by Gasteiger charge is 2.10. The van der Waals surface area contributed by atoms with Gasteiger partial charge in [-0.15, -0.1) is 0 Å². The molecule has 2 rings (SSSR count). The van der Waals surface area contributed by atoms with Crippen molar-refractivity contribution in [2.24, 2.45) is 0 Å². The van der Waals surface area contributed by atoms with Gasteiger partial charge in [0.1, 0.15) is 0 Å². The molecule has 0 aromatic heterocycles. The molecule has 0 saturated heterocycles. The van der Waals surface area contributed by atoms with Gasteiger partial charge in [0.05, 0.1) is 0 Å². The second kappa shape index (κ2) is 5.18. The fraction of sp³-hybridized carbons (Fsp3) is 0.294. The van der Waals surface area contributed by atoms with Gasteiger partial charge in [0.25, 0.3) is 0 Å². The molecular weight excluding hydrogens is 204 g/mol. The largest absolute Gasteiger partial charge is 0.0620 e. The maximum atomic E-state index is 2.29. The van der Waals surface area contributed by atoms with Crippen LogP contribution in [0.25, 0.3) is 0 Å². The number of aryl methyl sites for hydroxylation is 2. The van der Waals surface area contributed by atoms with Crippen molar-refractivity contribution < 1.29 is 0 Å². The van der Waals surface area contributed by atoms with Crippen LogP contribution in [0.1, 0.15) is 42.0 Å². The number of rotatable bonds is 3. The minimum atomic E-state index is 0.478. The van der Waals surface area contributed by atoms with E-state index < -0.39 is 0 Å². The molecule has 0 N–H and O–H groups in total. The molecule has 88 valence electrons. The summed E-state index contributed by atoms with van der Waals surface area (Å²) in [4.78, 5) is 0. The molecule has 0 aliphatic carbocycles. The van der Waals surface area contributed by atoms with E-state index in [2.05, 4.69) is 69.3 Å². The zero-order valence-electron chi connectivity index (χ0n) is 10.9. The van der Waals surface area contributed by atoms with Crippen LogP contribution in [0.2, 0.25) is 0 Å². The molecule has 17 heavy (non-hydrogen) atoms. The topological polar surface area (TPSA) is 0 Å². The highest BCUT2D eigenvalue weighted by atomic mass is 14.1. The Bertz CT molecular complexity index is 480. The maximum absolute atomic E-state index is 2.29. The van der Waals surface area contributed by atoms with E-state index in [9.17, 15) is 0 Å². The molecule has 1 atom stereocenters. The van der Waals surface area contributed by atoms with E-state index in [1.165, 1.54) is 22.3 Å². The van der Waals surface area contributed by atoms with Gasteiger partial charge in [-0.3, -0.25) is 0 Å². The molecule has 0 heterocycles. The summed E-state index contributed by atoms with van der Waals surface area (Å²) in [6, 6.07) is 17.6. The van der Waals surface area contributed by atoms with E-state index in [-0.39, 0.29) is 0 Å². The van der Waals surface area contributed by atoms with E-state index in [0.717, 1.165) is 6.42 Å². The second-order valence-electron chi connectivity index (χ2n) is 4.68. The van der Waals surface area contributed by atoms with Crippen molar-refractivity contribution in [3.63, 3.8) is 0 Å². The lowest BCUT2D eigenvalue weighted by atomic mass is 9.88. The number of hydrogen-bond donors (Lipinski definition) is 0. The predicted octanol–water partition coefficient (Wildman–Crippen LogP) is 4.71. The molecule has 0 saturated carbocycles. The quantitative estimate of drug-likeness (QED) is 0.708. The lowest BCUT2D eigenvalue weighted by Gasteiger charge is -2.16. The third kappa shape index (κ3) is 2.58. The van der Waals surface area contributed by atoms with E-state index >= 15 is 0 Å². The van der Waals surface area contributed by atoms with Crippen molar-refractivity contribution in [2.75, 3.05) is 0 Å². The first-order valence-corrected chi connectivity index (χ1v) is 6.36. The Morgan fingerprint density at radius 1 is 0.941 bits per heavy atom. The standard InChI is InChI=1S/C17H20/c1-4-15-7-5-6-8-17(15)14(3)16-11-9-13(2)10-12-16/h5-12,14H,4H2,1-3H3. The lowest BCUT2D eigenvalue weighted by molar-refractivity contribution is 0.892. The van der Waals surface area contributed by atoms with Gasteiger partial charge in [-0.25, -0.2) is 0 Å². The molecule has 0 amide bonds. The van der Waals surface area contributed by atoms with Crippen LogP contribution in [0.5, 0.6) is 0 Å². The van der Waals surface area contributed by atoms with Crippen molar-refractivity contribution in [2.45, 2.75) is 33.1 Å². The van der Waals surface area contributed by atoms with Crippen LogP contribution in [0.3, 0.4) is 0 Å². The minimum Gasteiger partial charge on any atom is -0.0620 e. The molecule has 2 aromatic carbocycles. The summed E-state index contributed by atoms with van der Waals surface area (Å²) in [6.45, 7) is 6.65. The van der Waals surface area contributed by atoms with Gasteiger partial charge < -0.3 is 0 Å². The van der Waals surface area contributed by atoms with Crippen LogP contribution in [0, 0.1) is 6.92 Å². The van der Waals surface area contributed by atoms with Gasteiger partial charge in [-0.05, 0) is 30.0 Å². The summed E-state index contributed by atoms with van der Waals surface area (Å²) < 4.78 is 0. The summed E-state index contributed by atoms with van der Waals surface area (Å²) in [5.74, 6) is 0.478. The summed E-state index contributed by atoms with van der Waals surface area (Å²) in [7, 11) is 0. The minimum absolute atomic E-state index is 0.478. The molecule has 0 radical (unpaired) electrons. The lowest BCUT2D eigenvalue weighted by Crippen LogP contribution is -2.00. The maximum Gasteiger partial charge on any atom is 0.00637 e. The first kappa shape index (κ1) is 11.9. The molecule has 0 heteroatoms. The first-order valence-electron chi connectivity index (χ1n) is 6.36. The van der Waals surface area contributed by atoms with E-state index in [1.807, 2.05) is 0 Å². The number of benzene rings is 2. The Hall–Kier alpha value is -1.56. The Kier molecular flexibility index (Phi) is 3.63.